The molecule has 1 atom stereocenters. The van der Waals surface area contributed by atoms with E-state index >= 15 is 0 Å². The lowest BCUT2D eigenvalue weighted by Gasteiger charge is -2.23. The molecule has 1 aromatic heterocycles. The molecule has 1 saturated heterocycles. The van der Waals surface area contributed by atoms with Crippen LogP contribution in [0.4, 0.5) is 0 Å². The number of carbonyl (C=O) groups excluding carboxylic acids is 1. The quantitative estimate of drug-likeness (QED) is 0.651. The fourth-order valence-electron chi connectivity index (χ4n) is 3.78. The van der Waals surface area contributed by atoms with Gasteiger partial charge in [0.1, 0.15) is 5.82 Å². The molecule has 0 bridgehead atoms. The topological polar surface area (TPSA) is 95.2 Å². The van der Waals surface area contributed by atoms with E-state index in [0.29, 0.717) is 25.1 Å². The third-order valence-corrected chi connectivity index (χ3v) is 5.94. The van der Waals surface area contributed by atoms with E-state index in [0.717, 1.165) is 41.5 Å². The zero-order chi connectivity index (χ0) is 20.4. The van der Waals surface area contributed by atoms with Gasteiger partial charge in [0, 0.05) is 18.7 Å². The largest absolute Gasteiger partial charge is 0.340 e. The van der Waals surface area contributed by atoms with Crippen LogP contribution >= 0.6 is 0 Å². The standard InChI is InChI=1S/C21H24N4O3S/c1-29(27,28)22-13-12-15-8-10-16(11-9-15)21(26)25-14-4-7-19(25)20-23-17-5-2-3-6-18(17)24-20/h2-3,5-6,8-11,19,22H,4,7,12-14H2,1H3,(H,23,24). The van der Waals surface area contributed by atoms with Crippen molar-refractivity contribution >= 4 is 27.0 Å². The number of amides is 1. The smallest absolute Gasteiger partial charge is 0.254 e. The Kier molecular flexibility index (Phi) is 5.38. The van der Waals surface area contributed by atoms with Gasteiger partial charge in [-0.05, 0) is 49.1 Å². The molecule has 2 heterocycles. The Labute approximate surface area is 170 Å². The van der Waals surface area contributed by atoms with Gasteiger partial charge in [-0.2, -0.15) is 0 Å². The van der Waals surface area contributed by atoms with Crippen molar-refractivity contribution < 1.29 is 13.2 Å². The Balaban J connectivity index is 1.46. The molecule has 152 valence electrons. The number of nitrogens with one attached hydrogen (secondary N) is 2. The summed E-state index contributed by atoms with van der Waals surface area (Å²) in [5.74, 6) is 0.828. The lowest BCUT2D eigenvalue weighted by atomic mass is 10.1. The van der Waals surface area contributed by atoms with E-state index in [1.165, 1.54) is 0 Å². The lowest BCUT2D eigenvalue weighted by molar-refractivity contribution is 0.0730. The van der Waals surface area contributed by atoms with Crippen LogP contribution in [0.1, 0.15) is 40.6 Å². The number of sulfonamides is 1. The zero-order valence-corrected chi connectivity index (χ0v) is 17.1. The van der Waals surface area contributed by atoms with Gasteiger partial charge in [0.15, 0.2) is 0 Å². The highest BCUT2D eigenvalue weighted by atomic mass is 32.2. The molecule has 1 amide bonds. The van der Waals surface area contributed by atoms with Crippen LogP contribution in [0.5, 0.6) is 0 Å². The molecule has 1 unspecified atom stereocenters. The number of fused-ring (bicyclic) bond motifs is 1. The maximum absolute atomic E-state index is 13.1. The second-order valence-corrected chi connectivity index (χ2v) is 9.24. The Morgan fingerprint density at radius 1 is 1.21 bits per heavy atom. The zero-order valence-electron chi connectivity index (χ0n) is 16.3. The molecule has 0 spiro atoms. The maximum Gasteiger partial charge on any atom is 0.254 e. The molecule has 0 saturated carbocycles. The third-order valence-electron chi connectivity index (χ3n) is 5.22. The monoisotopic (exact) mass is 412 g/mol. The fraction of sp³-hybridized carbons (Fsp3) is 0.333. The lowest BCUT2D eigenvalue weighted by Crippen LogP contribution is -2.31. The average Bonchev–Trinajstić information content (AvgIpc) is 3.33. The number of likely N-dealkylation sites (tertiary alicyclic amines) is 1. The first-order valence-corrected chi connectivity index (χ1v) is 11.6. The molecule has 0 aliphatic carbocycles. The van der Waals surface area contributed by atoms with Crippen LogP contribution in [0.2, 0.25) is 0 Å². The van der Waals surface area contributed by atoms with E-state index in [-0.39, 0.29) is 11.9 Å². The Bertz CT molecular complexity index is 1090. The summed E-state index contributed by atoms with van der Waals surface area (Å²) in [5, 5.41) is 0. The van der Waals surface area contributed by atoms with E-state index in [1.807, 2.05) is 53.4 Å². The Morgan fingerprint density at radius 3 is 2.69 bits per heavy atom. The highest BCUT2D eigenvalue weighted by Gasteiger charge is 2.32. The van der Waals surface area contributed by atoms with E-state index < -0.39 is 10.0 Å². The number of hydrogen-bond acceptors (Lipinski definition) is 4. The van der Waals surface area contributed by atoms with E-state index in [1.54, 1.807) is 0 Å². The second-order valence-electron chi connectivity index (χ2n) is 7.41. The summed E-state index contributed by atoms with van der Waals surface area (Å²) in [6, 6.07) is 15.2. The molecular formula is C21H24N4O3S. The van der Waals surface area contributed by atoms with Crippen molar-refractivity contribution in [2.45, 2.75) is 25.3 Å². The molecule has 1 aliphatic heterocycles. The molecule has 4 rings (SSSR count). The first-order valence-electron chi connectivity index (χ1n) is 9.70. The number of H-pyrrole nitrogens is 1. The van der Waals surface area contributed by atoms with Crippen LogP contribution < -0.4 is 4.72 Å². The van der Waals surface area contributed by atoms with Crippen molar-refractivity contribution in [2.75, 3.05) is 19.3 Å². The first-order chi connectivity index (χ1) is 13.9. The number of para-hydroxylation sites is 2. The highest BCUT2D eigenvalue weighted by Crippen LogP contribution is 2.32. The molecule has 1 aliphatic rings. The summed E-state index contributed by atoms with van der Waals surface area (Å²) >= 11 is 0. The van der Waals surface area contributed by atoms with Crippen LogP contribution in [0.3, 0.4) is 0 Å². The molecular weight excluding hydrogens is 388 g/mol. The summed E-state index contributed by atoms with van der Waals surface area (Å²) in [7, 11) is -3.19. The summed E-state index contributed by atoms with van der Waals surface area (Å²) in [6.07, 6.45) is 3.56. The molecule has 3 aromatic rings. The molecule has 8 heteroatoms. The van der Waals surface area contributed by atoms with Crippen LogP contribution in [0.15, 0.2) is 48.5 Å². The van der Waals surface area contributed by atoms with E-state index in [2.05, 4.69) is 14.7 Å². The molecule has 1 fully saturated rings. The van der Waals surface area contributed by atoms with Gasteiger partial charge < -0.3 is 9.88 Å². The SMILES string of the molecule is CS(=O)(=O)NCCc1ccc(C(=O)N2CCCC2c2nc3ccccc3[nH]2)cc1. The van der Waals surface area contributed by atoms with Gasteiger partial charge in [0.25, 0.3) is 5.91 Å². The van der Waals surface area contributed by atoms with Gasteiger partial charge in [-0.25, -0.2) is 18.1 Å². The predicted octanol–water partition coefficient (Wildman–Crippen LogP) is 2.63. The van der Waals surface area contributed by atoms with Crippen molar-refractivity contribution in [3.63, 3.8) is 0 Å². The first kappa shape index (κ1) is 19.6. The molecule has 2 aromatic carbocycles. The van der Waals surface area contributed by atoms with Crippen molar-refractivity contribution in [1.29, 1.82) is 0 Å². The molecule has 0 radical (unpaired) electrons. The minimum Gasteiger partial charge on any atom is -0.340 e. The number of imidazole rings is 1. The third kappa shape index (κ3) is 4.49. The van der Waals surface area contributed by atoms with Gasteiger partial charge >= 0.3 is 0 Å². The van der Waals surface area contributed by atoms with Gasteiger partial charge in [-0.1, -0.05) is 24.3 Å². The summed E-state index contributed by atoms with van der Waals surface area (Å²) in [4.78, 5) is 23.0. The number of nitrogens with zero attached hydrogens (tertiary/aromatic N) is 2. The second kappa shape index (κ2) is 7.96. The van der Waals surface area contributed by atoms with Crippen molar-refractivity contribution in [3.8, 4) is 0 Å². The van der Waals surface area contributed by atoms with Crippen molar-refractivity contribution in [3.05, 3.63) is 65.5 Å². The highest BCUT2D eigenvalue weighted by molar-refractivity contribution is 7.88. The van der Waals surface area contributed by atoms with Crippen LogP contribution in [0, 0.1) is 0 Å². The molecule has 7 nitrogen and oxygen atoms in total. The van der Waals surface area contributed by atoms with Crippen LogP contribution in [0.25, 0.3) is 11.0 Å². The van der Waals surface area contributed by atoms with Crippen molar-refractivity contribution in [1.82, 2.24) is 19.6 Å². The number of aromatic amines is 1. The predicted molar refractivity (Wildman–Crippen MR) is 112 cm³/mol. The number of carbonyl (C=O) groups is 1. The Hall–Kier alpha value is -2.71. The number of aromatic nitrogens is 2. The number of rotatable bonds is 6. The van der Waals surface area contributed by atoms with E-state index in [9.17, 15) is 13.2 Å². The number of benzene rings is 2. The summed E-state index contributed by atoms with van der Waals surface area (Å²) < 4.78 is 24.8. The van der Waals surface area contributed by atoms with Crippen LogP contribution in [-0.4, -0.2) is 48.5 Å². The number of hydrogen-bond donors (Lipinski definition) is 2. The average molecular weight is 413 g/mol. The van der Waals surface area contributed by atoms with Gasteiger partial charge in [0.2, 0.25) is 10.0 Å². The Morgan fingerprint density at radius 2 is 1.97 bits per heavy atom. The summed E-state index contributed by atoms with van der Waals surface area (Å²) in [6.45, 7) is 1.05. The van der Waals surface area contributed by atoms with Gasteiger partial charge in [0.05, 0.1) is 23.3 Å². The minimum absolute atomic E-state index is 0.00577. The van der Waals surface area contributed by atoms with Crippen molar-refractivity contribution in [2.24, 2.45) is 0 Å². The minimum atomic E-state index is -3.19. The van der Waals surface area contributed by atoms with Crippen LogP contribution in [-0.2, 0) is 16.4 Å². The molecule has 2 N–H and O–H groups in total. The van der Waals surface area contributed by atoms with Gasteiger partial charge in [-0.15, -0.1) is 0 Å². The maximum atomic E-state index is 13.1. The normalized spacial score (nSPS) is 17.1. The van der Waals surface area contributed by atoms with Gasteiger partial charge in [-0.3, -0.25) is 4.79 Å². The summed E-state index contributed by atoms with van der Waals surface area (Å²) in [5.41, 5.74) is 3.50. The molecule has 29 heavy (non-hydrogen) atoms. The fourth-order valence-corrected chi connectivity index (χ4v) is 4.26. The van der Waals surface area contributed by atoms with E-state index in [4.69, 9.17) is 0 Å².